The summed E-state index contributed by atoms with van der Waals surface area (Å²) in [6.07, 6.45) is 4.86. The number of hydrogen-bond donors (Lipinski definition) is 1. The van der Waals surface area contributed by atoms with Crippen molar-refractivity contribution in [3.63, 3.8) is 0 Å². The van der Waals surface area contributed by atoms with E-state index in [2.05, 4.69) is 20.4 Å². The maximum Gasteiger partial charge on any atom is 0.338 e. The van der Waals surface area contributed by atoms with E-state index >= 15 is 0 Å². The number of anilines is 1. The lowest BCUT2D eigenvalue weighted by atomic mass is 9.97. The van der Waals surface area contributed by atoms with Crippen molar-refractivity contribution in [2.24, 2.45) is 0 Å². The van der Waals surface area contributed by atoms with Gasteiger partial charge in [0, 0.05) is 18.1 Å². The highest BCUT2D eigenvalue weighted by Crippen LogP contribution is 2.34. The number of esters is 1. The number of carbonyl (C=O) groups is 1. The topological polar surface area (TPSA) is 81.9 Å². The third-order valence-electron chi connectivity index (χ3n) is 3.29. The molecule has 0 saturated carbocycles. The molecule has 21 heavy (non-hydrogen) atoms. The number of nitrogens with zero attached hydrogens (tertiary/aromatic N) is 4. The van der Waals surface area contributed by atoms with Crippen molar-refractivity contribution in [3.8, 4) is 0 Å². The van der Waals surface area contributed by atoms with Crippen LogP contribution < -0.4 is 5.32 Å². The molecule has 0 amide bonds. The van der Waals surface area contributed by atoms with E-state index in [4.69, 9.17) is 4.74 Å². The highest BCUT2D eigenvalue weighted by atomic mass is 16.5. The number of ether oxygens (including phenoxy) is 1. The first-order valence-electron chi connectivity index (χ1n) is 6.66. The van der Waals surface area contributed by atoms with Crippen LogP contribution in [0.15, 0.2) is 42.1 Å². The van der Waals surface area contributed by atoms with Crippen LogP contribution in [0.25, 0.3) is 0 Å². The molecule has 0 spiro atoms. The fourth-order valence-corrected chi connectivity index (χ4v) is 2.41. The Hall–Kier alpha value is -2.70. The van der Waals surface area contributed by atoms with Crippen LogP contribution in [-0.2, 0) is 9.53 Å². The van der Waals surface area contributed by atoms with Crippen molar-refractivity contribution < 1.29 is 9.53 Å². The molecule has 0 unspecified atom stereocenters. The summed E-state index contributed by atoms with van der Waals surface area (Å²) in [5.41, 5.74) is 2.08. The number of nitrogens with one attached hydrogen (secondary N) is 1. The third kappa shape index (κ3) is 2.26. The number of aromatic nitrogens is 4. The minimum absolute atomic E-state index is 0.319. The van der Waals surface area contributed by atoms with Gasteiger partial charge in [0.2, 0.25) is 5.95 Å². The predicted molar refractivity (Wildman–Crippen MR) is 75.4 cm³/mol. The molecule has 0 fully saturated rings. The van der Waals surface area contributed by atoms with Crippen molar-refractivity contribution in [1.29, 1.82) is 0 Å². The van der Waals surface area contributed by atoms with Crippen molar-refractivity contribution in [3.05, 3.63) is 47.7 Å². The van der Waals surface area contributed by atoms with E-state index < -0.39 is 6.04 Å². The van der Waals surface area contributed by atoms with Crippen molar-refractivity contribution >= 4 is 11.9 Å². The van der Waals surface area contributed by atoms with Gasteiger partial charge < -0.3 is 10.1 Å². The number of pyridine rings is 1. The summed E-state index contributed by atoms with van der Waals surface area (Å²) in [5, 5.41) is 7.29. The smallest absolute Gasteiger partial charge is 0.338 e. The highest BCUT2D eigenvalue weighted by Gasteiger charge is 2.34. The molecule has 1 N–H and O–H groups in total. The van der Waals surface area contributed by atoms with Crippen LogP contribution in [0.3, 0.4) is 0 Å². The number of rotatable bonds is 3. The fourth-order valence-electron chi connectivity index (χ4n) is 2.41. The zero-order chi connectivity index (χ0) is 14.8. The molecule has 2 aromatic rings. The molecule has 7 heteroatoms. The van der Waals surface area contributed by atoms with Crippen molar-refractivity contribution in [2.75, 3.05) is 11.9 Å². The van der Waals surface area contributed by atoms with Gasteiger partial charge in [-0.2, -0.15) is 10.1 Å². The van der Waals surface area contributed by atoms with Gasteiger partial charge >= 0.3 is 5.97 Å². The monoisotopic (exact) mass is 285 g/mol. The Morgan fingerprint density at radius 3 is 3.10 bits per heavy atom. The number of carbonyl (C=O) groups excluding carboxylic acids is 1. The third-order valence-corrected chi connectivity index (χ3v) is 3.29. The molecule has 0 aliphatic carbocycles. The molecular formula is C14H15N5O2. The normalized spacial score (nSPS) is 17.1. The molecule has 0 aromatic carbocycles. The van der Waals surface area contributed by atoms with Crippen LogP contribution in [-0.4, -0.2) is 32.3 Å². The maximum absolute atomic E-state index is 12.3. The Morgan fingerprint density at radius 2 is 2.38 bits per heavy atom. The Morgan fingerprint density at radius 1 is 1.52 bits per heavy atom. The van der Waals surface area contributed by atoms with Gasteiger partial charge in [-0.15, -0.1) is 0 Å². The van der Waals surface area contributed by atoms with Crippen LogP contribution in [0.4, 0.5) is 5.95 Å². The lowest BCUT2D eigenvalue weighted by Crippen LogP contribution is -2.29. The largest absolute Gasteiger partial charge is 0.463 e. The molecule has 1 aliphatic heterocycles. The molecule has 2 aromatic heterocycles. The van der Waals surface area contributed by atoms with Gasteiger partial charge in [0.1, 0.15) is 12.4 Å². The molecule has 0 bridgehead atoms. The Bertz CT molecular complexity index is 692. The average molecular weight is 285 g/mol. The minimum atomic E-state index is -0.392. The van der Waals surface area contributed by atoms with Crippen LogP contribution in [0, 0.1) is 0 Å². The fraction of sp³-hybridized carbons (Fsp3) is 0.286. The van der Waals surface area contributed by atoms with E-state index in [1.165, 1.54) is 6.33 Å². The van der Waals surface area contributed by atoms with Gasteiger partial charge in [-0.1, -0.05) is 6.07 Å². The first kappa shape index (κ1) is 13.3. The van der Waals surface area contributed by atoms with E-state index in [1.54, 1.807) is 24.0 Å². The predicted octanol–water partition coefficient (Wildman–Crippen LogP) is 1.53. The SMILES string of the molecule is CCOC(=O)C1=C(C)Nc2ncnn2[C@H]1c1cccnc1. The van der Waals surface area contributed by atoms with Crippen LogP contribution in [0.2, 0.25) is 0 Å². The van der Waals surface area contributed by atoms with E-state index in [0.717, 1.165) is 5.56 Å². The average Bonchev–Trinajstić information content (AvgIpc) is 2.94. The molecule has 0 saturated heterocycles. The minimum Gasteiger partial charge on any atom is -0.463 e. The van der Waals surface area contributed by atoms with Gasteiger partial charge in [0.15, 0.2) is 0 Å². The summed E-state index contributed by atoms with van der Waals surface area (Å²) in [4.78, 5) is 20.6. The Balaban J connectivity index is 2.13. The van der Waals surface area contributed by atoms with Crippen LogP contribution in [0.5, 0.6) is 0 Å². The second kappa shape index (κ2) is 5.35. The van der Waals surface area contributed by atoms with Gasteiger partial charge in [0.05, 0.1) is 12.2 Å². The molecule has 7 nitrogen and oxygen atoms in total. The first-order valence-corrected chi connectivity index (χ1v) is 6.66. The van der Waals surface area contributed by atoms with Crippen molar-refractivity contribution in [1.82, 2.24) is 19.7 Å². The zero-order valence-corrected chi connectivity index (χ0v) is 11.8. The second-order valence-electron chi connectivity index (χ2n) is 4.60. The molecule has 108 valence electrons. The van der Waals surface area contributed by atoms with E-state index in [-0.39, 0.29) is 5.97 Å². The first-order chi connectivity index (χ1) is 10.2. The lowest BCUT2D eigenvalue weighted by molar-refractivity contribution is -0.139. The summed E-state index contributed by atoms with van der Waals surface area (Å²) in [6, 6.07) is 3.34. The summed E-state index contributed by atoms with van der Waals surface area (Å²) in [7, 11) is 0. The van der Waals surface area contributed by atoms with Crippen molar-refractivity contribution in [2.45, 2.75) is 19.9 Å². The number of fused-ring (bicyclic) bond motifs is 1. The Kier molecular flexibility index (Phi) is 3.39. The molecule has 1 atom stereocenters. The zero-order valence-electron chi connectivity index (χ0n) is 11.8. The molecule has 0 radical (unpaired) electrons. The molecular weight excluding hydrogens is 270 g/mol. The summed E-state index contributed by atoms with van der Waals surface area (Å²) >= 11 is 0. The second-order valence-corrected chi connectivity index (χ2v) is 4.60. The summed E-state index contributed by atoms with van der Waals surface area (Å²) in [5.74, 6) is 0.229. The standard InChI is InChI=1S/C14H15N5O2/c1-3-21-13(20)11-9(2)18-14-16-8-17-19(14)12(11)10-5-4-6-15-7-10/h4-8,12H,3H2,1-2H3,(H,16,17,18)/t12-/m0/s1. The number of allylic oxidation sites excluding steroid dienone is 1. The van der Waals surface area contributed by atoms with Gasteiger partial charge in [-0.3, -0.25) is 4.98 Å². The highest BCUT2D eigenvalue weighted by molar-refractivity contribution is 5.92. The van der Waals surface area contributed by atoms with Crippen LogP contribution >= 0.6 is 0 Å². The van der Waals surface area contributed by atoms with E-state index in [0.29, 0.717) is 23.8 Å². The summed E-state index contributed by atoms with van der Waals surface area (Å²) in [6.45, 7) is 3.93. The Labute approximate surface area is 121 Å². The lowest BCUT2D eigenvalue weighted by Gasteiger charge is -2.27. The quantitative estimate of drug-likeness (QED) is 0.861. The van der Waals surface area contributed by atoms with E-state index in [1.807, 2.05) is 19.1 Å². The van der Waals surface area contributed by atoms with Gasteiger partial charge in [-0.25, -0.2) is 9.48 Å². The van der Waals surface area contributed by atoms with Crippen LogP contribution in [0.1, 0.15) is 25.5 Å². The number of hydrogen-bond acceptors (Lipinski definition) is 6. The maximum atomic E-state index is 12.3. The molecule has 3 rings (SSSR count). The summed E-state index contributed by atoms with van der Waals surface area (Å²) < 4.78 is 6.84. The molecule has 1 aliphatic rings. The molecule has 3 heterocycles. The van der Waals surface area contributed by atoms with E-state index in [9.17, 15) is 4.79 Å². The van der Waals surface area contributed by atoms with Gasteiger partial charge in [-0.05, 0) is 25.5 Å². The van der Waals surface area contributed by atoms with Gasteiger partial charge in [0.25, 0.3) is 0 Å².